The molecule has 1 nitrogen and oxygen atoms in total. The SMILES string of the molecule is Cc1ccnc(-c2ccc3c4ccccc4c4ccccc4c3c2)c1. The molecule has 0 spiro atoms. The Balaban J connectivity index is 1.93. The summed E-state index contributed by atoms with van der Waals surface area (Å²) in [5.74, 6) is 0. The molecule has 0 atom stereocenters. The highest BCUT2D eigenvalue weighted by Crippen LogP contribution is 2.36. The lowest BCUT2D eigenvalue weighted by Crippen LogP contribution is -1.87. The third-order valence-electron chi connectivity index (χ3n) is 4.96. The van der Waals surface area contributed by atoms with Crippen molar-refractivity contribution in [1.82, 2.24) is 4.98 Å². The third kappa shape index (κ3) is 2.20. The minimum Gasteiger partial charge on any atom is -0.256 e. The second-order valence-electron chi connectivity index (χ2n) is 6.57. The van der Waals surface area contributed by atoms with Crippen molar-refractivity contribution in [3.05, 3.63) is 90.6 Å². The standard InChI is InChI=1S/C24H17N/c1-16-12-13-25-24(14-16)17-10-11-22-20-8-3-2-6-18(20)19-7-4-5-9-21(19)23(22)15-17/h2-15H,1H3. The van der Waals surface area contributed by atoms with Crippen LogP contribution in [-0.4, -0.2) is 4.98 Å². The van der Waals surface area contributed by atoms with Crippen LogP contribution in [0.3, 0.4) is 0 Å². The molecule has 0 aliphatic rings. The fourth-order valence-electron chi connectivity index (χ4n) is 3.76. The van der Waals surface area contributed by atoms with Crippen molar-refractivity contribution in [2.24, 2.45) is 0 Å². The van der Waals surface area contributed by atoms with Gasteiger partial charge in [-0.2, -0.15) is 0 Å². The second-order valence-corrected chi connectivity index (χ2v) is 6.57. The molecule has 1 aromatic heterocycles. The van der Waals surface area contributed by atoms with Gasteiger partial charge >= 0.3 is 0 Å². The summed E-state index contributed by atoms with van der Waals surface area (Å²) in [6.45, 7) is 2.11. The van der Waals surface area contributed by atoms with Crippen molar-refractivity contribution < 1.29 is 0 Å². The zero-order valence-corrected chi connectivity index (χ0v) is 14.0. The summed E-state index contributed by atoms with van der Waals surface area (Å²) in [5, 5.41) is 7.80. The molecule has 0 unspecified atom stereocenters. The quantitative estimate of drug-likeness (QED) is 0.321. The number of hydrogen-bond donors (Lipinski definition) is 0. The van der Waals surface area contributed by atoms with Gasteiger partial charge in [-0.05, 0) is 63.0 Å². The molecule has 5 aromatic rings. The number of pyridine rings is 1. The average molecular weight is 319 g/mol. The van der Waals surface area contributed by atoms with Gasteiger partial charge in [0, 0.05) is 11.8 Å². The molecule has 0 aliphatic heterocycles. The van der Waals surface area contributed by atoms with E-state index in [-0.39, 0.29) is 0 Å². The molecular weight excluding hydrogens is 302 g/mol. The Morgan fingerprint density at radius 3 is 1.72 bits per heavy atom. The van der Waals surface area contributed by atoms with Gasteiger partial charge in [0.05, 0.1) is 5.69 Å². The van der Waals surface area contributed by atoms with Gasteiger partial charge < -0.3 is 0 Å². The first-order chi connectivity index (χ1) is 12.3. The monoisotopic (exact) mass is 319 g/mol. The Morgan fingerprint density at radius 2 is 1.12 bits per heavy atom. The molecule has 0 bridgehead atoms. The summed E-state index contributed by atoms with van der Waals surface area (Å²) >= 11 is 0. The van der Waals surface area contributed by atoms with E-state index in [1.807, 2.05) is 12.3 Å². The van der Waals surface area contributed by atoms with E-state index in [9.17, 15) is 0 Å². The number of fused-ring (bicyclic) bond motifs is 6. The summed E-state index contributed by atoms with van der Waals surface area (Å²) < 4.78 is 0. The Morgan fingerprint density at radius 1 is 0.560 bits per heavy atom. The second kappa shape index (κ2) is 5.42. The minimum atomic E-state index is 1.03. The Kier molecular flexibility index (Phi) is 3.07. The highest BCUT2D eigenvalue weighted by Gasteiger charge is 2.09. The van der Waals surface area contributed by atoms with Crippen LogP contribution in [0, 0.1) is 6.92 Å². The number of aromatic nitrogens is 1. The van der Waals surface area contributed by atoms with Gasteiger partial charge in [-0.1, -0.05) is 60.7 Å². The van der Waals surface area contributed by atoms with Crippen molar-refractivity contribution in [1.29, 1.82) is 0 Å². The smallest absolute Gasteiger partial charge is 0.0704 e. The lowest BCUT2D eigenvalue weighted by molar-refractivity contribution is 1.29. The Hall–Kier alpha value is -3.19. The largest absolute Gasteiger partial charge is 0.256 e. The number of aryl methyl sites for hydroxylation is 1. The van der Waals surface area contributed by atoms with Crippen LogP contribution < -0.4 is 0 Å². The van der Waals surface area contributed by atoms with E-state index >= 15 is 0 Å². The zero-order valence-electron chi connectivity index (χ0n) is 14.0. The first kappa shape index (κ1) is 14.2. The minimum absolute atomic E-state index is 1.03. The fourth-order valence-corrected chi connectivity index (χ4v) is 3.76. The molecule has 25 heavy (non-hydrogen) atoms. The summed E-state index contributed by atoms with van der Waals surface area (Å²) in [5.41, 5.74) is 3.42. The average Bonchev–Trinajstić information content (AvgIpc) is 2.68. The number of rotatable bonds is 1. The molecule has 1 heteroatoms. The molecule has 4 aromatic carbocycles. The van der Waals surface area contributed by atoms with E-state index in [1.165, 1.54) is 37.9 Å². The lowest BCUT2D eigenvalue weighted by atomic mass is 9.93. The van der Waals surface area contributed by atoms with E-state index in [1.54, 1.807) is 0 Å². The summed E-state index contributed by atoms with van der Waals surface area (Å²) in [6, 6.07) is 28.2. The molecular formula is C24H17N. The van der Waals surface area contributed by atoms with E-state index < -0.39 is 0 Å². The van der Waals surface area contributed by atoms with Crippen LogP contribution in [0.25, 0.3) is 43.6 Å². The number of nitrogens with zero attached hydrogens (tertiary/aromatic N) is 1. The molecule has 0 amide bonds. The molecule has 0 aliphatic carbocycles. The molecule has 0 radical (unpaired) electrons. The van der Waals surface area contributed by atoms with Crippen molar-refractivity contribution >= 4 is 32.3 Å². The summed E-state index contributed by atoms with van der Waals surface area (Å²) in [6.07, 6.45) is 1.88. The van der Waals surface area contributed by atoms with Crippen LogP contribution in [0.1, 0.15) is 5.56 Å². The normalized spacial score (nSPS) is 11.4. The van der Waals surface area contributed by atoms with Crippen molar-refractivity contribution in [2.75, 3.05) is 0 Å². The third-order valence-corrected chi connectivity index (χ3v) is 4.96. The van der Waals surface area contributed by atoms with Gasteiger partial charge in [0.1, 0.15) is 0 Å². The Bertz CT molecular complexity index is 1220. The maximum atomic E-state index is 4.56. The van der Waals surface area contributed by atoms with Gasteiger partial charge in [0.15, 0.2) is 0 Å². The van der Waals surface area contributed by atoms with Gasteiger partial charge in [0.25, 0.3) is 0 Å². The van der Waals surface area contributed by atoms with Crippen molar-refractivity contribution in [3.63, 3.8) is 0 Å². The predicted octanol–water partition coefficient (Wildman–Crippen LogP) is 6.52. The maximum Gasteiger partial charge on any atom is 0.0704 e. The van der Waals surface area contributed by atoms with Gasteiger partial charge in [-0.15, -0.1) is 0 Å². The molecule has 1 heterocycles. The highest BCUT2D eigenvalue weighted by atomic mass is 14.7. The van der Waals surface area contributed by atoms with Crippen LogP contribution in [0.4, 0.5) is 0 Å². The van der Waals surface area contributed by atoms with Gasteiger partial charge in [0.2, 0.25) is 0 Å². The molecule has 0 N–H and O–H groups in total. The maximum absolute atomic E-state index is 4.56. The molecule has 0 saturated carbocycles. The van der Waals surface area contributed by atoms with E-state index in [0.29, 0.717) is 0 Å². The highest BCUT2D eigenvalue weighted by molar-refractivity contribution is 6.25. The van der Waals surface area contributed by atoms with E-state index in [0.717, 1.165) is 11.3 Å². The molecule has 0 fully saturated rings. The molecule has 118 valence electrons. The number of hydrogen-bond acceptors (Lipinski definition) is 1. The van der Waals surface area contributed by atoms with E-state index in [2.05, 4.69) is 84.7 Å². The van der Waals surface area contributed by atoms with Crippen molar-refractivity contribution in [2.45, 2.75) is 6.92 Å². The lowest BCUT2D eigenvalue weighted by Gasteiger charge is -2.11. The van der Waals surface area contributed by atoms with Crippen LogP contribution in [0.2, 0.25) is 0 Å². The van der Waals surface area contributed by atoms with Crippen LogP contribution in [0.15, 0.2) is 85.1 Å². The van der Waals surface area contributed by atoms with Crippen LogP contribution >= 0.6 is 0 Å². The van der Waals surface area contributed by atoms with E-state index in [4.69, 9.17) is 0 Å². The molecule has 5 rings (SSSR count). The predicted molar refractivity (Wildman–Crippen MR) is 107 cm³/mol. The zero-order chi connectivity index (χ0) is 16.8. The summed E-state index contributed by atoms with van der Waals surface area (Å²) in [4.78, 5) is 4.56. The van der Waals surface area contributed by atoms with Gasteiger partial charge in [-0.25, -0.2) is 0 Å². The first-order valence-electron chi connectivity index (χ1n) is 8.57. The molecule has 0 saturated heterocycles. The van der Waals surface area contributed by atoms with Gasteiger partial charge in [-0.3, -0.25) is 4.98 Å². The van der Waals surface area contributed by atoms with Crippen molar-refractivity contribution in [3.8, 4) is 11.3 Å². The Labute approximate surface area is 146 Å². The van der Waals surface area contributed by atoms with Crippen LogP contribution in [-0.2, 0) is 0 Å². The van der Waals surface area contributed by atoms with Crippen LogP contribution in [0.5, 0.6) is 0 Å². The first-order valence-corrected chi connectivity index (χ1v) is 8.57. The fraction of sp³-hybridized carbons (Fsp3) is 0.0417. The topological polar surface area (TPSA) is 12.9 Å². The summed E-state index contributed by atoms with van der Waals surface area (Å²) in [7, 11) is 0. The number of benzene rings is 4.